The van der Waals surface area contributed by atoms with E-state index in [2.05, 4.69) is 9.80 Å². The van der Waals surface area contributed by atoms with Gasteiger partial charge in [0.1, 0.15) is 5.58 Å². The predicted octanol–water partition coefficient (Wildman–Crippen LogP) is 3.87. The highest BCUT2D eigenvalue weighted by Gasteiger charge is 2.30. The zero-order chi connectivity index (χ0) is 20.6. The summed E-state index contributed by atoms with van der Waals surface area (Å²) in [6.07, 6.45) is -4.32. The SMILES string of the molecule is NC(=O)c1cc2cc(N3CCN(Cc4cccc(C(F)(F)F)c4)CC3)ccc2o1. The van der Waals surface area contributed by atoms with Crippen molar-refractivity contribution in [2.75, 3.05) is 31.1 Å². The van der Waals surface area contributed by atoms with E-state index in [1.54, 1.807) is 12.1 Å². The highest BCUT2D eigenvalue weighted by molar-refractivity contribution is 5.95. The Morgan fingerprint density at radius 3 is 2.48 bits per heavy atom. The van der Waals surface area contributed by atoms with Crippen LogP contribution >= 0.6 is 0 Å². The molecule has 0 aliphatic carbocycles. The molecule has 2 heterocycles. The maximum absolute atomic E-state index is 12.9. The monoisotopic (exact) mass is 403 g/mol. The number of nitrogens with two attached hydrogens (primary N) is 1. The molecule has 1 aliphatic rings. The molecular weight excluding hydrogens is 383 g/mol. The normalized spacial score (nSPS) is 15.8. The lowest BCUT2D eigenvalue weighted by Crippen LogP contribution is -2.45. The maximum atomic E-state index is 12.9. The molecule has 1 saturated heterocycles. The van der Waals surface area contributed by atoms with Crippen LogP contribution in [0.15, 0.2) is 52.9 Å². The molecule has 5 nitrogen and oxygen atoms in total. The fraction of sp³-hybridized carbons (Fsp3) is 0.286. The summed E-state index contributed by atoms with van der Waals surface area (Å²) >= 11 is 0. The molecule has 29 heavy (non-hydrogen) atoms. The van der Waals surface area contributed by atoms with Crippen molar-refractivity contribution in [2.45, 2.75) is 12.7 Å². The molecule has 2 aromatic carbocycles. The van der Waals surface area contributed by atoms with Crippen molar-refractivity contribution in [3.8, 4) is 0 Å². The number of carbonyl (C=O) groups is 1. The predicted molar refractivity (Wildman–Crippen MR) is 104 cm³/mol. The molecule has 4 rings (SSSR count). The number of nitrogens with zero attached hydrogens (tertiary/aromatic N) is 2. The summed E-state index contributed by atoms with van der Waals surface area (Å²) in [7, 11) is 0. The lowest BCUT2D eigenvalue weighted by atomic mass is 10.1. The average molecular weight is 403 g/mol. The minimum absolute atomic E-state index is 0.128. The van der Waals surface area contributed by atoms with Crippen molar-refractivity contribution in [2.24, 2.45) is 5.73 Å². The molecule has 1 amide bonds. The molecule has 0 saturated carbocycles. The standard InChI is InChI=1S/C21H20F3N3O2/c22-21(23,24)16-3-1-2-14(10-16)13-26-6-8-27(9-7-26)17-4-5-18-15(11-17)12-19(29-18)20(25)28/h1-5,10-12H,6-9,13H2,(H2,25,28). The fourth-order valence-corrected chi connectivity index (χ4v) is 3.62. The van der Waals surface area contributed by atoms with Crippen LogP contribution in [0.25, 0.3) is 11.0 Å². The van der Waals surface area contributed by atoms with Gasteiger partial charge in [-0.2, -0.15) is 13.2 Å². The Bertz CT molecular complexity index is 1040. The van der Waals surface area contributed by atoms with Gasteiger partial charge in [0.25, 0.3) is 5.91 Å². The van der Waals surface area contributed by atoms with Gasteiger partial charge in [-0.05, 0) is 35.9 Å². The van der Waals surface area contributed by atoms with Crippen LogP contribution in [-0.4, -0.2) is 37.0 Å². The minimum atomic E-state index is -4.32. The van der Waals surface area contributed by atoms with E-state index in [-0.39, 0.29) is 5.76 Å². The van der Waals surface area contributed by atoms with Gasteiger partial charge in [0.05, 0.1) is 5.56 Å². The highest BCUT2D eigenvalue weighted by atomic mass is 19.4. The summed E-state index contributed by atoms with van der Waals surface area (Å²) < 4.78 is 44.1. The number of carbonyl (C=O) groups excluding carboxylic acids is 1. The third kappa shape index (κ3) is 4.22. The number of hydrogen-bond donors (Lipinski definition) is 1. The summed E-state index contributed by atoms with van der Waals surface area (Å²) in [5, 5.41) is 0.808. The van der Waals surface area contributed by atoms with Crippen LogP contribution < -0.4 is 10.6 Å². The zero-order valence-corrected chi connectivity index (χ0v) is 15.6. The number of benzene rings is 2. The number of rotatable bonds is 4. The first-order valence-corrected chi connectivity index (χ1v) is 9.26. The summed E-state index contributed by atoms with van der Waals surface area (Å²) in [4.78, 5) is 15.6. The van der Waals surface area contributed by atoms with Gasteiger partial charge in [-0.1, -0.05) is 18.2 Å². The molecule has 152 valence electrons. The van der Waals surface area contributed by atoms with Crippen LogP contribution in [0.4, 0.5) is 18.9 Å². The second kappa shape index (κ2) is 7.44. The van der Waals surface area contributed by atoms with Gasteiger partial charge >= 0.3 is 6.18 Å². The van der Waals surface area contributed by atoms with E-state index in [1.165, 1.54) is 12.1 Å². The Hall–Kier alpha value is -3.00. The number of hydrogen-bond acceptors (Lipinski definition) is 4. The van der Waals surface area contributed by atoms with Crippen molar-refractivity contribution in [3.05, 3.63) is 65.4 Å². The largest absolute Gasteiger partial charge is 0.451 e. The maximum Gasteiger partial charge on any atom is 0.416 e. The van der Waals surface area contributed by atoms with Gasteiger partial charge in [0, 0.05) is 43.8 Å². The van der Waals surface area contributed by atoms with E-state index in [1.807, 2.05) is 18.2 Å². The van der Waals surface area contributed by atoms with Crippen molar-refractivity contribution in [3.63, 3.8) is 0 Å². The second-order valence-corrected chi connectivity index (χ2v) is 7.16. The number of alkyl halides is 3. The molecule has 8 heteroatoms. The first kappa shape index (κ1) is 19.3. The molecule has 1 aromatic heterocycles. The quantitative estimate of drug-likeness (QED) is 0.718. The molecule has 1 fully saturated rings. The van der Waals surface area contributed by atoms with Crippen LogP contribution in [0.5, 0.6) is 0 Å². The van der Waals surface area contributed by atoms with E-state index in [0.29, 0.717) is 17.7 Å². The van der Waals surface area contributed by atoms with Crippen LogP contribution in [0.1, 0.15) is 21.7 Å². The number of anilines is 1. The number of fused-ring (bicyclic) bond motifs is 1. The first-order valence-electron chi connectivity index (χ1n) is 9.26. The number of furan rings is 1. The molecule has 0 atom stereocenters. The topological polar surface area (TPSA) is 62.7 Å². The number of amides is 1. The van der Waals surface area contributed by atoms with Crippen molar-refractivity contribution in [1.82, 2.24) is 4.90 Å². The van der Waals surface area contributed by atoms with Crippen LogP contribution in [0.2, 0.25) is 0 Å². The molecule has 1 aliphatic heterocycles. The Morgan fingerprint density at radius 1 is 1.03 bits per heavy atom. The Kier molecular flexibility index (Phi) is 4.96. The third-order valence-electron chi connectivity index (χ3n) is 5.14. The molecule has 3 aromatic rings. The van der Waals surface area contributed by atoms with E-state index in [0.717, 1.165) is 43.3 Å². The van der Waals surface area contributed by atoms with E-state index >= 15 is 0 Å². The van der Waals surface area contributed by atoms with Gasteiger partial charge in [-0.25, -0.2) is 0 Å². The summed E-state index contributed by atoms with van der Waals surface area (Å²) in [5.74, 6) is -0.478. The van der Waals surface area contributed by atoms with E-state index < -0.39 is 17.6 Å². The summed E-state index contributed by atoms with van der Waals surface area (Å²) in [5.41, 5.74) is 6.91. The van der Waals surface area contributed by atoms with Gasteiger partial charge in [0.15, 0.2) is 5.76 Å². The van der Waals surface area contributed by atoms with Gasteiger partial charge in [0.2, 0.25) is 0 Å². The second-order valence-electron chi connectivity index (χ2n) is 7.16. The van der Waals surface area contributed by atoms with E-state index in [4.69, 9.17) is 10.2 Å². The molecule has 0 bridgehead atoms. The Labute approximate surface area is 165 Å². The molecule has 0 unspecified atom stereocenters. The number of halogens is 3. The zero-order valence-electron chi connectivity index (χ0n) is 15.6. The highest BCUT2D eigenvalue weighted by Crippen LogP contribution is 2.30. The van der Waals surface area contributed by atoms with E-state index in [9.17, 15) is 18.0 Å². The number of primary amides is 1. The van der Waals surface area contributed by atoms with Crippen molar-refractivity contribution < 1.29 is 22.4 Å². The van der Waals surface area contributed by atoms with Gasteiger partial charge in [-0.3, -0.25) is 9.69 Å². The van der Waals surface area contributed by atoms with Gasteiger partial charge in [-0.15, -0.1) is 0 Å². The van der Waals surface area contributed by atoms with Crippen molar-refractivity contribution in [1.29, 1.82) is 0 Å². The Morgan fingerprint density at radius 2 is 1.79 bits per heavy atom. The average Bonchev–Trinajstić information content (AvgIpc) is 3.12. The Balaban J connectivity index is 1.40. The molecule has 0 spiro atoms. The van der Waals surface area contributed by atoms with Crippen LogP contribution in [-0.2, 0) is 12.7 Å². The molecule has 2 N–H and O–H groups in total. The summed E-state index contributed by atoms with van der Waals surface area (Å²) in [6.45, 7) is 3.48. The third-order valence-corrected chi connectivity index (χ3v) is 5.14. The lowest BCUT2D eigenvalue weighted by Gasteiger charge is -2.36. The molecule has 0 radical (unpaired) electrons. The minimum Gasteiger partial charge on any atom is -0.451 e. The smallest absolute Gasteiger partial charge is 0.416 e. The molecular formula is C21H20F3N3O2. The van der Waals surface area contributed by atoms with Crippen LogP contribution in [0.3, 0.4) is 0 Å². The van der Waals surface area contributed by atoms with Crippen molar-refractivity contribution >= 4 is 22.6 Å². The van der Waals surface area contributed by atoms with Crippen LogP contribution in [0, 0.1) is 0 Å². The summed E-state index contributed by atoms with van der Waals surface area (Å²) in [6, 6.07) is 12.8. The fourth-order valence-electron chi connectivity index (χ4n) is 3.62. The first-order chi connectivity index (χ1) is 13.8. The number of piperazine rings is 1. The van der Waals surface area contributed by atoms with Gasteiger partial charge < -0.3 is 15.1 Å². The lowest BCUT2D eigenvalue weighted by molar-refractivity contribution is -0.137.